The molecule has 1 amide bonds. The summed E-state index contributed by atoms with van der Waals surface area (Å²) in [5, 5.41) is 1.20. The molecule has 0 saturated heterocycles. The number of carbonyl (C=O) groups is 1. The molecule has 186 valence electrons. The first-order valence-electron chi connectivity index (χ1n) is 12.5. The van der Waals surface area contributed by atoms with Crippen LogP contribution in [0.3, 0.4) is 0 Å². The Bertz CT molecular complexity index is 1340. The van der Waals surface area contributed by atoms with Gasteiger partial charge in [-0.15, -0.1) is 0 Å². The summed E-state index contributed by atoms with van der Waals surface area (Å²) in [5.41, 5.74) is 4.81. The number of nitrogens with zero attached hydrogens (tertiary/aromatic N) is 2. The molecule has 0 spiro atoms. The Hall–Kier alpha value is -4.00. The van der Waals surface area contributed by atoms with Crippen LogP contribution in [0.25, 0.3) is 10.9 Å². The summed E-state index contributed by atoms with van der Waals surface area (Å²) >= 11 is 0. The Kier molecular flexibility index (Phi) is 6.80. The predicted octanol–water partition coefficient (Wildman–Crippen LogP) is 5.55. The number of pyridine rings is 1. The molecule has 7 nitrogen and oxygen atoms in total. The molecule has 2 aromatic carbocycles. The average molecular weight is 486 g/mol. The van der Waals surface area contributed by atoms with Crippen molar-refractivity contribution >= 4 is 16.8 Å². The van der Waals surface area contributed by atoms with Crippen molar-refractivity contribution in [1.82, 2.24) is 14.9 Å². The van der Waals surface area contributed by atoms with E-state index in [1.54, 1.807) is 18.3 Å². The highest BCUT2D eigenvalue weighted by Crippen LogP contribution is 2.42. The lowest BCUT2D eigenvalue weighted by molar-refractivity contribution is 0.0690. The number of benzene rings is 2. The van der Waals surface area contributed by atoms with Gasteiger partial charge < -0.3 is 24.1 Å². The summed E-state index contributed by atoms with van der Waals surface area (Å²) in [6, 6.07) is 15.5. The molecule has 5 rings (SSSR count). The quantitative estimate of drug-likeness (QED) is 0.354. The molecule has 2 aromatic heterocycles. The van der Waals surface area contributed by atoms with E-state index in [0.29, 0.717) is 49.2 Å². The lowest BCUT2D eigenvalue weighted by atomic mass is 9.92. The van der Waals surface area contributed by atoms with Crippen LogP contribution in [-0.4, -0.2) is 47.1 Å². The van der Waals surface area contributed by atoms with Gasteiger partial charge in [0.25, 0.3) is 5.91 Å². The number of nitrogens with one attached hydrogen (secondary N) is 1. The molecule has 0 radical (unpaired) electrons. The lowest BCUT2D eigenvalue weighted by Crippen LogP contribution is -2.40. The second-order valence-electron chi connectivity index (χ2n) is 8.60. The number of para-hydroxylation sites is 1. The molecule has 36 heavy (non-hydrogen) atoms. The highest BCUT2D eigenvalue weighted by molar-refractivity contribution is 5.97. The second-order valence-corrected chi connectivity index (χ2v) is 8.60. The van der Waals surface area contributed by atoms with Crippen LogP contribution in [0.4, 0.5) is 0 Å². The number of ether oxygens (including phenoxy) is 3. The van der Waals surface area contributed by atoms with Crippen LogP contribution in [-0.2, 0) is 6.42 Å². The summed E-state index contributed by atoms with van der Waals surface area (Å²) in [7, 11) is 0. The summed E-state index contributed by atoms with van der Waals surface area (Å²) < 4.78 is 17.6. The van der Waals surface area contributed by atoms with Gasteiger partial charge in [-0.05, 0) is 62.6 Å². The van der Waals surface area contributed by atoms with Crippen LogP contribution in [0, 0.1) is 0 Å². The normalized spacial score (nSPS) is 15.0. The van der Waals surface area contributed by atoms with Crippen LogP contribution in [0.15, 0.2) is 60.9 Å². The topological polar surface area (TPSA) is 76.7 Å². The highest BCUT2D eigenvalue weighted by atomic mass is 16.5. The minimum Gasteiger partial charge on any atom is -0.490 e. The van der Waals surface area contributed by atoms with Crippen LogP contribution in [0.5, 0.6) is 17.2 Å². The number of aromatic nitrogens is 2. The molecule has 1 aliphatic rings. The number of rotatable bonds is 8. The monoisotopic (exact) mass is 485 g/mol. The van der Waals surface area contributed by atoms with Gasteiger partial charge >= 0.3 is 0 Å². The number of aromatic amines is 1. The van der Waals surface area contributed by atoms with E-state index in [0.717, 1.165) is 23.2 Å². The highest BCUT2D eigenvalue weighted by Gasteiger charge is 2.35. The Morgan fingerprint density at radius 1 is 1.00 bits per heavy atom. The second kappa shape index (κ2) is 10.3. The van der Waals surface area contributed by atoms with Crippen molar-refractivity contribution < 1.29 is 19.0 Å². The molecular formula is C29H31N3O4. The van der Waals surface area contributed by atoms with Crippen molar-refractivity contribution in [3.63, 3.8) is 0 Å². The Labute approximate surface area is 211 Å². The molecule has 0 unspecified atom stereocenters. The van der Waals surface area contributed by atoms with Crippen LogP contribution >= 0.6 is 0 Å². The van der Waals surface area contributed by atoms with Crippen molar-refractivity contribution in [2.45, 2.75) is 33.2 Å². The van der Waals surface area contributed by atoms with E-state index >= 15 is 0 Å². The van der Waals surface area contributed by atoms with E-state index in [4.69, 9.17) is 14.2 Å². The molecule has 0 aliphatic carbocycles. The van der Waals surface area contributed by atoms with Crippen molar-refractivity contribution in [2.24, 2.45) is 0 Å². The minimum absolute atomic E-state index is 0.0990. The molecule has 0 saturated carbocycles. The molecule has 0 fully saturated rings. The fraction of sp³-hybridized carbons (Fsp3) is 0.310. The van der Waals surface area contributed by atoms with Crippen LogP contribution in [0.2, 0.25) is 0 Å². The number of carbonyl (C=O) groups excluding carboxylic acids is 1. The first-order valence-corrected chi connectivity index (χ1v) is 12.5. The number of hydrogen-bond donors (Lipinski definition) is 1. The Morgan fingerprint density at radius 2 is 1.72 bits per heavy atom. The van der Waals surface area contributed by atoms with Crippen molar-refractivity contribution in [3.8, 4) is 17.2 Å². The van der Waals surface area contributed by atoms with Crippen molar-refractivity contribution in [1.29, 1.82) is 0 Å². The third kappa shape index (κ3) is 4.26. The van der Waals surface area contributed by atoms with Gasteiger partial charge in [0.1, 0.15) is 0 Å². The number of hydrogen-bond acceptors (Lipinski definition) is 5. The zero-order valence-corrected chi connectivity index (χ0v) is 20.9. The third-order valence-electron chi connectivity index (χ3n) is 6.45. The number of fused-ring (bicyclic) bond motifs is 3. The standard InChI is InChI=1S/C29H31N3O4/c1-4-34-24-16-20(17-25(35-5-2)28(24)36-6-3)29(33)32-15-13-22-21-11-7-8-12-23(21)31-26(22)27(32)19-10-9-14-30-18-19/h7-12,14,16-18,27,31H,4-6,13,15H2,1-3H3/t27-/m0/s1. The van der Waals surface area contributed by atoms with Crippen molar-refractivity contribution in [2.75, 3.05) is 26.4 Å². The molecular weight excluding hydrogens is 454 g/mol. The molecule has 3 heterocycles. The summed E-state index contributed by atoms with van der Waals surface area (Å²) in [6.45, 7) is 7.67. The molecule has 1 atom stereocenters. The van der Waals surface area contributed by atoms with Gasteiger partial charge in [-0.1, -0.05) is 24.3 Å². The van der Waals surface area contributed by atoms with Gasteiger partial charge in [0.05, 0.1) is 25.9 Å². The van der Waals surface area contributed by atoms with Gasteiger partial charge in [-0.3, -0.25) is 9.78 Å². The van der Waals surface area contributed by atoms with Gasteiger partial charge in [-0.25, -0.2) is 0 Å². The third-order valence-corrected chi connectivity index (χ3v) is 6.45. The fourth-order valence-electron chi connectivity index (χ4n) is 5.02. The van der Waals surface area contributed by atoms with Crippen LogP contribution in [0.1, 0.15) is 54.0 Å². The average Bonchev–Trinajstić information content (AvgIpc) is 3.29. The number of H-pyrrole nitrogens is 1. The molecule has 0 bridgehead atoms. The molecule has 1 N–H and O–H groups in total. The van der Waals surface area contributed by atoms with Gasteiger partial charge in [0.15, 0.2) is 11.5 Å². The van der Waals surface area contributed by atoms with E-state index in [2.05, 4.69) is 28.2 Å². The zero-order valence-electron chi connectivity index (χ0n) is 20.9. The van der Waals surface area contributed by atoms with E-state index in [9.17, 15) is 4.79 Å². The first-order chi connectivity index (χ1) is 17.7. The van der Waals surface area contributed by atoms with Gasteiger partial charge in [0.2, 0.25) is 5.75 Å². The maximum Gasteiger partial charge on any atom is 0.254 e. The Morgan fingerprint density at radius 3 is 2.39 bits per heavy atom. The smallest absolute Gasteiger partial charge is 0.254 e. The van der Waals surface area contributed by atoms with Gasteiger partial charge in [-0.2, -0.15) is 0 Å². The van der Waals surface area contributed by atoms with Crippen LogP contribution < -0.4 is 14.2 Å². The van der Waals surface area contributed by atoms with E-state index in [-0.39, 0.29) is 11.9 Å². The molecule has 1 aliphatic heterocycles. The molecule has 7 heteroatoms. The maximum absolute atomic E-state index is 14.1. The summed E-state index contributed by atoms with van der Waals surface area (Å²) in [6.07, 6.45) is 4.34. The van der Waals surface area contributed by atoms with Crippen molar-refractivity contribution in [3.05, 3.63) is 83.3 Å². The van der Waals surface area contributed by atoms with E-state index in [1.165, 1.54) is 10.9 Å². The number of amides is 1. The van der Waals surface area contributed by atoms with E-state index < -0.39 is 0 Å². The maximum atomic E-state index is 14.1. The zero-order chi connectivity index (χ0) is 25.1. The Balaban J connectivity index is 1.61. The summed E-state index contributed by atoms with van der Waals surface area (Å²) in [4.78, 5) is 24.0. The lowest BCUT2D eigenvalue weighted by Gasteiger charge is -2.36. The SMILES string of the molecule is CCOc1cc(C(=O)N2CCc3c([nH]c4ccccc34)[C@@H]2c2cccnc2)cc(OCC)c1OCC. The van der Waals surface area contributed by atoms with E-state index in [1.807, 2.05) is 50.1 Å². The summed E-state index contributed by atoms with van der Waals surface area (Å²) in [5.74, 6) is 1.45. The predicted molar refractivity (Wildman–Crippen MR) is 139 cm³/mol. The molecule has 4 aromatic rings. The minimum atomic E-state index is -0.292. The van der Waals surface area contributed by atoms with Gasteiger partial charge in [0, 0.05) is 41.1 Å². The first kappa shape index (κ1) is 23.7. The fourth-order valence-corrected chi connectivity index (χ4v) is 5.02. The largest absolute Gasteiger partial charge is 0.490 e.